The van der Waals surface area contributed by atoms with E-state index in [-0.39, 0.29) is 30.2 Å². The molecule has 1 saturated carbocycles. The first-order valence-corrected chi connectivity index (χ1v) is 12.3. The van der Waals surface area contributed by atoms with Crippen LogP contribution in [0.4, 0.5) is 5.69 Å². The van der Waals surface area contributed by atoms with Crippen LogP contribution in [-0.2, 0) is 21.9 Å². The molecule has 3 rings (SSSR count). The van der Waals surface area contributed by atoms with E-state index in [9.17, 15) is 8.42 Å². The van der Waals surface area contributed by atoms with Crippen molar-refractivity contribution in [2.45, 2.75) is 43.6 Å². The monoisotopic (exact) mass is 507 g/mol. The maximum atomic E-state index is 11.4. The van der Waals surface area contributed by atoms with Crippen molar-refractivity contribution >= 4 is 52.1 Å². The summed E-state index contributed by atoms with van der Waals surface area (Å²) in [4.78, 5) is 0. The SMILES string of the molecule is CS(=O)(=O)Nc1cccc(CCN[C@H]2CC[C@@](CN)(c3cccc(Cl)c3)CC2)c1.Cl.Cl. The molecule has 0 saturated heterocycles. The number of benzene rings is 2. The molecular formula is C22H32Cl3N3O2S. The predicted octanol–water partition coefficient (Wildman–Crippen LogP) is 4.53. The lowest BCUT2D eigenvalue weighted by Crippen LogP contribution is -2.44. The van der Waals surface area contributed by atoms with Crippen LogP contribution in [0.2, 0.25) is 5.02 Å². The van der Waals surface area contributed by atoms with Gasteiger partial charge in [-0.15, -0.1) is 24.8 Å². The topological polar surface area (TPSA) is 84.2 Å². The summed E-state index contributed by atoms with van der Waals surface area (Å²) in [5, 5.41) is 4.42. The Morgan fingerprint density at radius 3 is 2.39 bits per heavy atom. The largest absolute Gasteiger partial charge is 0.330 e. The molecule has 0 amide bonds. The number of rotatable bonds is 8. The highest BCUT2D eigenvalue weighted by molar-refractivity contribution is 7.92. The third kappa shape index (κ3) is 8.12. The van der Waals surface area contributed by atoms with Gasteiger partial charge in [-0.3, -0.25) is 4.72 Å². The normalized spacial score (nSPS) is 20.9. The number of halogens is 3. The van der Waals surface area contributed by atoms with Gasteiger partial charge >= 0.3 is 0 Å². The summed E-state index contributed by atoms with van der Waals surface area (Å²) < 4.78 is 25.3. The predicted molar refractivity (Wildman–Crippen MR) is 136 cm³/mol. The number of sulfonamides is 1. The summed E-state index contributed by atoms with van der Waals surface area (Å²) >= 11 is 6.19. The van der Waals surface area contributed by atoms with Crippen molar-refractivity contribution < 1.29 is 8.42 Å². The molecule has 0 spiro atoms. The molecule has 0 aliphatic heterocycles. The molecule has 2 aromatic rings. The van der Waals surface area contributed by atoms with Gasteiger partial charge in [0, 0.05) is 28.7 Å². The van der Waals surface area contributed by atoms with E-state index in [1.165, 1.54) is 5.56 Å². The Kier molecular flexibility index (Phi) is 11.1. The van der Waals surface area contributed by atoms with Crippen LogP contribution in [0.1, 0.15) is 36.8 Å². The van der Waals surface area contributed by atoms with E-state index >= 15 is 0 Å². The fraction of sp³-hybridized carbons (Fsp3) is 0.455. The van der Waals surface area contributed by atoms with Gasteiger partial charge in [-0.2, -0.15) is 0 Å². The zero-order chi connectivity index (χ0) is 20.9. The van der Waals surface area contributed by atoms with Crippen molar-refractivity contribution in [2.24, 2.45) is 5.73 Å². The van der Waals surface area contributed by atoms with Gasteiger partial charge in [0.2, 0.25) is 10.0 Å². The molecule has 0 bridgehead atoms. The first-order valence-electron chi connectivity index (χ1n) is 10.1. The fourth-order valence-corrected chi connectivity index (χ4v) is 4.97. The molecule has 1 aliphatic carbocycles. The second kappa shape index (κ2) is 12.3. The minimum Gasteiger partial charge on any atom is -0.330 e. The van der Waals surface area contributed by atoms with Crippen LogP contribution in [-0.4, -0.2) is 33.8 Å². The van der Waals surface area contributed by atoms with Crippen molar-refractivity contribution in [3.63, 3.8) is 0 Å². The van der Waals surface area contributed by atoms with E-state index in [2.05, 4.69) is 22.2 Å². The van der Waals surface area contributed by atoms with Crippen molar-refractivity contribution in [1.82, 2.24) is 5.32 Å². The van der Waals surface area contributed by atoms with E-state index < -0.39 is 10.0 Å². The molecule has 174 valence electrons. The molecule has 0 atom stereocenters. The van der Waals surface area contributed by atoms with Crippen LogP contribution in [0.15, 0.2) is 48.5 Å². The highest BCUT2D eigenvalue weighted by atomic mass is 35.5. The molecule has 5 nitrogen and oxygen atoms in total. The van der Waals surface area contributed by atoms with Gasteiger partial charge in [-0.25, -0.2) is 8.42 Å². The van der Waals surface area contributed by atoms with E-state index in [0.717, 1.165) is 55.5 Å². The second-order valence-corrected chi connectivity index (χ2v) is 10.2. The lowest BCUT2D eigenvalue weighted by molar-refractivity contribution is 0.252. The Bertz CT molecular complexity index is 933. The molecule has 0 unspecified atom stereocenters. The summed E-state index contributed by atoms with van der Waals surface area (Å²) in [6.07, 6.45) is 6.28. The Labute approximate surface area is 203 Å². The van der Waals surface area contributed by atoms with Gasteiger partial charge in [0.05, 0.1) is 6.26 Å². The highest BCUT2D eigenvalue weighted by Gasteiger charge is 2.35. The Morgan fingerprint density at radius 2 is 1.77 bits per heavy atom. The van der Waals surface area contributed by atoms with E-state index in [1.54, 1.807) is 6.07 Å². The van der Waals surface area contributed by atoms with Crippen LogP contribution in [0, 0.1) is 0 Å². The minimum absolute atomic E-state index is 0. The molecule has 1 fully saturated rings. The average molecular weight is 509 g/mol. The molecule has 31 heavy (non-hydrogen) atoms. The zero-order valence-electron chi connectivity index (χ0n) is 17.6. The first kappa shape index (κ1) is 28.0. The summed E-state index contributed by atoms with van der Waals surface area (Å²) in [7, 11) is -3.25. The summed E-state index contributed by atoms with van der Waals surface area (Å²) in [6, 6.07) is 16.1. The Morgan fingerprint density at radius 1 is 1.10 bits per heavy atom. The van der Waals surface area contributed by atoms with Crippen LogP contribution < -0.4 is 15.8 Å². The number of hydrogen-bond acceptors (Lipinski definition) is 4. The van der Waals surface area contributed by atoms with Gasteiger partial charge in [-0.05, 0) is 74.0 Å². The van der Waals surface area contributed by atoms with Crippen molar-refractivity contribution in [3.8, 4) is 0 Å². The van der Waals surface area contributed by atoms with Gasteiger partial charge < -0.3 is 11.1 Å². The van der Waals surface area contributed by atoms with Gasteiger partial charge in [-0.1, -0.05) is 35.9 Å². The number of nitrogens with two attached hydrogens (primary N) is 1. The maximum absolute atomic E-state index is 11.4. The molecule has 0 heterocycles. The summed E-state index contributed by atoms with van der Waals surface area (Å²) in [5.41, 5.74) is 9.18. The number of nitrogens with one attached hydrogen (secondary N) is 2. The zero-order valence-corrected chi connectivity index (χ0v) is 20.8. The van der Waals surface area contributed by atoms with Crippen LogP contribution >= 0.6 is 36.4 Å². The van der Waals surface area contributed by atoms with E-state index in [4.69, 9.17) is 17.3 Å². The summed E-state index contributed by atoms with van der Waals surface area (Å²) in [5.74, 6) is 0. The lowest BCUT2D eigenvalue weighted by Gasteiger charge is -2.40. The quantitative estimate of drug-likeness (QED) is 0.489. The highest BCUT2D eigenvalue weighted by Crippen LogP contribution is 2.39. The lowest BCUT2D eigenvalue weighted by atomic mass is 9.68. The fourth-order valence-electron chi connectivity index (χ4n) is 4.23. The first-order chi connectivity index (χ1) is 13.8. The molecule has 0 aromatic heterocycles. The molecule has 2 aromatic carbocycles. The molecule has 1 aliphatic rings. The molecular weight excluding hydrogens is 477 g/mol. The van der Waals surface area contributed by atoms with Crippen molar-refractivity contribution in [3.05, 3.63) is 64.7 Å². The number of hydrogen-bond donors (Lipinski definition) is 3. The van der Waals surface area contributed by atoms with Crippen LogP contribution in [0.3, 0.4) is 0 Å². The Hall–Kier alpha value is -1.02. The van der Waals surface area contributed by atoms with E-state index in [0.29, 0.717) is 18.3 Å². The molecule has 9 heteroatoms. The molecule has 0 radical (unpaired) electrons. The minimum atomic E-state index is -3.25. The van der Waals surface area contributed by atoms with Gasteiger partial charge in [0.25, 0.3) is 0 Å². The third-order valence-electron chi connectivity index (χ3n) is 5.85. The van der Waals surface area contributed by atoms with E-state index in [1.807, 2.05) is 30.3 Å². The summed E-state index contributed by atoms with van der Waals surface area (Å²) in [6.45, 7) is 1.50. The van der Waals surface area contributed by atoms with Gasteiger partial charge in [0.1, 0.15) is 0 Å². The third-order valence-corrected chi connectivity index (χ3v) is 6.69. The molecule has 4 N–H and O–H groups in total. The van der Waals surface area contributed by atoms with Crippen LogP contribution in [0.25, 0.3) is 0 Å². The van der Waals surface area contributed by atoms with Crippen molar-refractivity contribution in [2.75, 3.05) is 24.1 Å². The number of anilines is 1. The average Bonchev–Trinajstić information content (AvgIpc) is 2.68. The standard InChI is InChI=1S/C22H30ClN3O2S.2ClH/c1-29(27,28)26-21-7-2-4-17(14-21)10-13-25-20-8-11-22(16-24,12-9-20)18-5-3-6-19(23)15-18;;/h2-7,14-15,20,25-26H,8-13,16,24H2,1H3;2*1H/t20-,22+;;. The van der Waals surface area contributed by atoms with Crippen LogP contribution in [0.5, 0.6) is 0 Å². The second-order valence-electron chi connectivity index (χ2n) is 8.05. The van der Waals surface area contributed by atoms with Gasteiger partial charge in [0.15, 0.2) is 0 Å². The smallest absolute Gasteiger partial charge is 0.229 e. The Balaban J connectivity index is 0.00000240. The van der Waals surface area contributed by atoms with Crippen molar-refractivity contribution in [1.29, 1.82) is 0 Å². The maximum Gasteiger partial charge on any atom is 0.229 e.